The maximum atomic E-state index is 13.0. The minimum Gasteiger partial charge on any atom is -0.307 e. The third-order valence-electron chi connectivity index (χ3n) is 4.63. The second-order valence-electron chi connectivity index (χ2n) is 6.97. The van der Waals surface area contributed by atoms with E-state index in [1.807, 2.05) is 19.1 Å². The predicted octanol–water partition coefficient (Wildman–Crippen LogP) is 4.49. The van der Waals surface area contributed by atoms with E-state index in [0.29, 0.717) is 16.8 Å². The second-order valence-corrected chi connectivity index (χ2v) is 11.3. The summed E-state index contributed by atoms with van der Waals surface area (Å²) in [5.41, 5.74) is 0.356. The van der Waals surface area contributed by atoms with E-state index in [1.54, 1.807) is 35.7 Å². The van der Waals surface area contributed by atoms with Crippen molar-refractivity contribution in [2.75, 3.05) is 5.32 Å². The number of amides is 2. The highest BCUT2D eigenvalue weighted by atomic mass is 35.5. The Hall–Kier alpha value is -2.83. The van der Waals surface area contributed by atoms with E-state index >= 15 is 0 Å². The highest BCUT2D eigenvalue weighted by molar-refractivity contribution is 7.99. The number of primary sulfonamides is 1. The molecule has 0 saturated carbocycles. The lowest BCUT2D eigenvalue weighted by Gasteiger charge is -2.12. The SMILES string of the molecule is Cc1ccc(SNC(=O)Nc2ccc(-n3ccc4ccc(S(N)(=O)=O)cc4c3=O)c(Cl)c2)s1. The first-order valence-corrected chi connectivity index (χ1v) is 13.0. The first-order valence-electron chi connectivity index (χ1n) is 9.40. The van der Waals surface area contributed by atoms with E-state index in [2.05, 4.69) is 10.0 Å². The van der Waals surface area contributed by atoms with E-state index in [-0.39, 0.29) is 15.3 Å². The number of hydrogen-bond acceptors (Lipinski definition) is 6. The van der Waals surface area contributed by atoms with Crippen LogP contribution in [-0.2, 0) is 10.0 Å². The highest BCUT2D eigenvalue weighted by Crippen LogP contribution is 2.26. The van der Waals surface area contributed by atoms with Crippen molar-refractivity contribution in [1.29, 1.82) is 0 Å². The number of pyridine rings is 1. The molecule has 2 aromatic heterocycles. The Morgan fingerprint density at radius 1 is 1.12 bits per heavy atom. The Bertz CT molecular complexity index is 1550. The van der Waals surface area contributed by atoms with Crippen LogP contribution in [0.25, 0.3) is 16.5 Å². The van der Waals surface area contributed by atoms with Gasteiger partial charge >= 0.3 is 6.03 Å². The number of urea groups is 1. The number of anilines is 1. The molecule has 0 fully saturated rings. The fraction of sp³-hybridized carbons (Fsp3) is 0.0476. The van der Waals surface area contributed by atoms with Crippen molar-refractivity contribution < 1.29 is 13.2 Å². The number of carbonyl (C=O) groups is 1. The molecule has 0 atom stereocenters. The molecule has 0 aliphatic heterocycles. The van der Waals surface area contributed by atoms with Crippen molar-refractivity contribution in [3.8, 4) is 5.69 Å². The molecule has 0 radical (unpaired) electrons. The van der Waals surface area contributed by atoms with Crippen molar-refractivity contribution in [3.63, 3.8) is 0 Å². The van der Waals surface area contributed by atoms with Crippen LogP contribution in [0.1, 0.15) is 4.88 Å². The number of benzene rings is 2. The maximum absolute atomic E-state index is 13.0. The van der Waals surface area contributed by atoms with Gasteiger partial charge in [0.05, 0.1) is 19.8 Å². The van der Waals surface area contributed by atoms with Crippen LogP contribution in [0.4, 0.5) is 10.5 Å². The Labute approximate surface area is 202 Å². The minimum atomic E-state index is -3.96. The number of halogens is 1. The molecule has 2 heterocycles. The number of rotatable bonds is 5. The van der Waals surface area contributed by atoms with Crippen molar-refractivity contribution in [2.45, 2.75) is 16.0 Å². The van der Waals surface area contributed by atoms with Crippen LogP contribution in [0.5, 0.6) is 0 Å². The van der Waals surface area contributed by atoms with E-state index in [9.17, 15) is 18.0 Å². The average molecular weight is 521 g/mol. The number of fused-ring (bicyclic) bond motifs is 1. The zero-order valence-corrected chi connectivity index (χ0v) is 20.2. The van der Waals surface area contributed by atoms with Crippen LogP contribution in [0.2, 0.25) is 5.02 Å². The van der Waals surface area contributed by atoms with Gasteiger partial charge < -0.3 is 5.32 Å². The molecular weight excluding hydrogens is 504 g/mol. The van der Waals surface area contributed by atoms with Crippen LogP contribution < -0.4 is 20.7 Å². The predicted molar refractivity (Wildman–Crippen MR) is 133 cm³/mol. The van der Waals surface area contributed by atoms with E-state index in [1.165, 1.54) is 40.8 Å². The van der Waals surface area contributed by atoms with Gasteiger partial charge in [-0.2, -0.15) is 0 Å². The van der Waals surface area contributed by atoms with Gasteiger partial charge in [0, 0.05) is 22.1 Å². The Balaban J connectivity index is 1.58. The number of aryl methyl sites for hydroxylation is 1. The molecule has 0 unspecified atom stereocenters. The Morgan fingerprint density at radius 3 is 2.58 bits per heavy atom. The van der Waals surface area contributed by atoms with Gasteiger partial charge in [0.15, 0.2) is 0 Å². The molecule has 2 aromatic carbocycles. The second kappa shape index (κ2) is 9.20. The van der Waals surface area contributed by atoms with Gasteiger partial charge in [0.25, 0.3) is 5.56 Å². The van der Waals surface area contributed by atoms with Crippen LogP contribution >= 0.6 is 34.9 Å². The van der Waals surface area contributed by atoms with Crippen LogP contribution in [0.3, 0.4) is 0 Å². The first kappa shape index (κ1) is 23.3. The zero-order valence-electron chi connectivity index (χ0n) is 17.0. The molecule has 33 heavy (non-hydrogen) atoms. The molecule has 4 rings (SSSR count). The van der Waals surface area contributed by atoms with Gasteiger partial charge in [-0.1, -0.05) is 17.7 Å². The summed E-state index contributed by atoms with van der Waals surface area (Å²) in [6.07, 6.45) is 1.54. The number of nitrogens with one attached hydrogen (secondary N) is 2. The summed E-state index contributed by atoms with van der Waals surface area (Å²) in [7, 11) is -3.96. The number of hydrogen-bond donors (Lipinski definition) is 3. The molecule has 2 amide bonds. The third-order valence-corrected chi connectivity index (χ3v) is 7.76. The summed E-state index contributed by atoms with van der Waals surface area (Å²) in [4.78, 5) is 26.2. The number of aromatic nitrogens is 1. The molecule has 0 spiro atoms. The standard InChI is InChI=1S/C21H17ClN4O4S3/c1-12-2-7-19(31-12)32-25-21(28)24-14-4-6-18(17(22)10-14)26-9-8-13-3-5-15(33(23,29)30)11-16(13)20(26)27/h2-11H,1H3,(H2,23,29,30)(H2,24,25,28). The summed E-state index contributed by atoms with van der Waals surface area (Å²) in [5, 5.41) is 8.84. The summed E-state index contributed by atoms with van der Waals surface area (Å²) >= 11 is 9.17. The van der Waals surface area contributed by atoms with Gasteiger partial charge in [0.1, 0.15) is 0 Å². The molecule has 12 heteroatoms. The quantitative estimate of drug-likeness (QED) is 0.334. The lowest BCUT2D eigenvalue weighted by Crippen LogP contribution is -2.22. The monoisotopic (exact) mass is 520 g/mol. The maximum Gasteiger partial charge on any atom is 0.329 e. The van der Waals surface area contributed by atoms with Crippen LogP contribution in [-0.4, -0.2) is 19.0 Å². The van der Waals surface area contributed by atoms with Gasteiger partial charge in [-0.25, -0.2) is 18.4 Å². The van der Waals surface area contributed by atoms with Crippen molar-refractivity contribution >= 4 is 67.4 Å². The summed E-state index contributed by atoms with van der Waals surface area (Å²) in [5.74, 6) is 0. The smallest absolute Gasteiger partial charge is 0.307 e. The molecule has 4 N–H and O–H groups in total. The fourth-order valence-corrected chi connectivity index (χ4v) is 5.55. The number of carbonyl (C=O) groups excluding carboxylic acids is 1. The number of nitrogens with two attached hydrogens (primary N) is 1. The van der Waals surface area contributed by atoms with E-state index < -0.39 is 21.6 Å². The van der Waals surface area contributed by atoms with Crippen LogP contribution in [0, 0.1) is 6.92 Å². The lowest BCUT2D eigenvalue weighted by molar-refractivity contribution is 0.257. The Morgan fingerprint density at radius 2 is 1.91 bits per heavy atom. The number of thiophene rings is 1. The summed E-state index contributed by atoms with van der Waals surface area (Å²) < 4.78 is 28.3. The molecule has 4 aromatic rings. The van der Waals surface area contributed by atoms with Crippen molar-refractivity contribution in [1.82, 2.24) is 9.29 Å². The summed E-state index contributed by atoms with van der Waals surface area (Å²) in [6.45, 7) is 1.98. The summed E-state index contributed by atoms with van der Waals surface area (Å²) in [6, 6.07) is 14.0. The first-order chi connectivity index (χ1) is 15.6. The third kappa shape index (κ3) is 5.23. The average Bonchev–Trinajstić information content (AvgIpc) is 3.18. The van der Waals surface area contributed by atoms with Gasteiger partial charge in [0.2, 0.25) is 10.0 Å². The van der Waals surface area contributed by atoms with Crippen molar-refractivity contribution in [3.05, 3.63) is 81.0 Å². The van der Waals surface area contributed by atoms with E-state index in [4.69, 9.17) is 16.7 Å². The van der Waals surface area contributed by atoms with Gasteiger partial charge in [-0.15, -0.1) is 11.3 Å². The number of sulfonamides is 1. The topological polar surface area (TPSA) is 123 Å². The largest absolute Gasteiger partial charge is 0.329 e. The normalized spacial score (nSPS) is 11.5. The van der Waals surface area contributed by atoms with Gasteiger partial charge in [-0.3, -0.25) is 14.1 Å². The lowest BCUT2D eigenvalue weighted by atomic mass is 10.1. The zero-order chi connectivity index (χ0) is 23.8. The van der Waals surface area contributed by atoms with Crippen molar-refractivity contribution in [2.24, 2.45) is 5.14 Å². The molecule has 8 nitrogen and oxygen atoms in total. The molecule has 0 bridgehead atoms. The minimum absolute atomic E-state index is 0.155. The molecule has 0 aliphatic rings. The number of nitrogens with zero attached hydrogens (tertiary/aromatic N) is 1. The molecule has 0 aliphatic carbocycles. The molecule has 170 valence electrons. The highest BCUT2D eigenvalue weighted by Gasteiger charge is 2.13. The van der Waals surface area contributed by atoms with Crippen LogP contribution in [0.15, 0.2) is 74.7 Å². The Kier molecular flexibility index (Phi) is 6.50. The molecular formula is C21H17ClN4O4S3. The molecule has 0 saturated heterocycles. The van der Waals surface area contributed by atoms with E-state index in [0.717, 1.165) is 9.09 Å². The fourth-order valence-electron chi connectivity index (χ4n) is 3.09. The van der Waals surface area contributed by atoms with Gasteiger partial charge in [-0.05, 0) is 72.8 Å².